The minimum Gasteiger partial charge on any atom is -0.461 e. The highest BCUT2D eigenvalue weighted by Crippen LogP contribution is 2.45. The number of ketones is 1. The summed E-state index contributed by atoms with van der Waals surface area (Å²) in [5.74, 6) is -5.25. The van der Waals surface area contributed by atoms with Crippen LogP contribution < -0.4 is 21.7 Å². The average Bonchev–Trinajstić information content (AvgIpc) is 3.92. The van der Waals surface area contributed by atoms with Crippen LogP contribution in [0.15, 0.2) is 134 Å². The number of alkyl carbamates (subject to hydrolysis) is 1. The van der Waals surface area contributed by atoms with Gasteiger partial charge >= 0.3 is 12.1 Å². The summed E-state index contributed by atoms with van der Waals surface area (Å²) < 4.78 is 10.9. The SMILES string of the molecule is CC(C)(C)OC(=O)N[C@@H](Cc1c[nH]c2ccccc12)C(=O)N[C@@H](Cc1ccc2ccccc2c1)C(=O)NC(=O)[C@@H]1CCC(C(=O)[C@@H](N)CC(=O)OCc2ccccc2)[C@H]1c1ccccc1. The van der Waals surface area contributed by atoms with Gasteiger partial charge in [0, 0.05) is 47.7 Å². The van der Waals surface area contributed by atoms with Crippen molar-refractivity contribution in [2.75, 3.05) is 0 Å². The highest BCUT2D eigenvalue weighted by molar-refractivity contribution is 6.02. The zero-order valence-corrected chi connectivity index (χ0v) is 36.8. The molecule has 1 saturated carbocycles. The van der Waals surface area contributed by atoms with Crippen molar-refractivity contribution in [1.29, 1.82) is 0 Å². The number of carbonyl (C=O) groups excluding carboxylic acids is 6. The predicted molar refractivity (Wildman–Crippen MR) is 247 cm³/mol. The van der Waals surface area contributed by atoms with Crippen LogP contribution in [0.3, 0.4) is 0 Å². The molecule has 7 rings (SSSR count). The Bertz CT molecular complexity index is 2660. The van der Waals surface area contributed by atoms with E-state index in [0.29, 0.717) is 12.0 Å². The largest absolute Gasteiger partial charge is 0.461 e. The first-order chi connectivity index (χ1) is 31.2. The summed E-state index contributed by atoms with van der Waals surface area (Å²) in [6, 6.07) is 35.6. The Morgan fingerprint density at radius 1 is 0.708 bits per heavy atom. The molecule has 1 fully saturated rings. The van der Waals surface area contributed by atoms with Crippen LogP contribution in [0.4, 0.5) is 4.79 Å². The van der Waals surface area contributed by atoms with Gasteiger partial charge in [-0.3, -0.25) is 29.3 Å². The molecule has 0 spiro atoms. The van der Waals surface area contributed by atoms with Crippen LogP contribution in [0.2, 0.25) is 0 Å². The summed E-state index contributed by atoms with van der Waals surface area (Å²) in [6.07, 6.45) is 1.23. The maximum Gasteiger partial charge on any atom is 0.408 e. The lowest BCUT2D eigenvalue weighted by atomic mass is 9.79. The average molecular weight is 878 g/mol. The number of aromatic amines is 1. The Morgan fingerprint density at radius 3 is 2.09 bits per heavy atom. The fourth-order valence-electron chi connectivity index (χ4n) is 8.67. The number of nitrogens with one attached hydrogen (secondary N) is 4. The van der Waals surface area contributed by atoms with Crippen molar-refractivity contribution in [3.05, 3.63) is 156 Å². The fraction of sp³-hybridized carbons (Fsp3) is 0.308. The minimum absolute atomic E-state index is 0.00501. The number of fused-ring (bicyclic) bond motifs is 2. The highest BCUT2D eigenvalue weighted by atomic mass is 16.6. The fourth-order valence-corrected chi connectivity index (χ4v) is 8.67. The first-order valence-electron chi connectivity index (χ1n) is 21.9. The quantitative estimate of drug-likeness (QED) is 0.0638. The summed E-state index contributed by atoms with van der Waals surface area (Å²) in [5.41, 5.74) is 9.35. The van der Waals surface area contributed by atoms with Gasteiger partial charge in [-0.25, -0.2) is 4.79 Å². The van der Waals surface area contributed by atoms with Gasteiger partial charge < -0.3 is 30.8 Å². The van der Waals surface area contributed by atoms with Gasteiger partial charge in [-0.15, -0.1) is 0 Å². The molecule has 1 aliphatic rings. The molecule has 0 bridgehead atoms. The Kier molecular flexibility index (Phi) is 14.5. The molecule has 6 aromatic rings. The Balaban J connectivity index is 1.12. The van der Waals surface area contributed by atoms with E-state index in [0.717, 1.165) is 38.4 Å². The van der Waals surface area contributed by atoms with Crippen LogP contribution in [0.25, 0.3) is 21.7 Å². The molecule has 65 heavy (non-hydrogen) atoms. The van der Waals surface area contributed by atoms with Crippen molar-refractivity contribution < 1.29 is 38.2 Å². The summed E-state index contributed by atoms with van der Waals surface area (Å²) in [5, 5.41) is 10.9. The lowest BCUT2D eigenvalue weighted by Gasteiger charge is -2.27. The topological polar surface area (TPSA) is 199 Å². The predicted octanol–water partition coefficient (Wildman–Crippen LogP) is 6.97. The molecule has 1 aromatic heterocycles. The number of H-pyrrole nitrogens is 1. The number of benzene rings is 5. The molecule has 5 aromatic carbocycles. The number of hydrogen-bond acceptors (Lipinski definition) is 9. The Morgan fingerprint density at radius 2 is 1.35 bits per heavy atom. The van der Waals surface area contributed by atoms with Gasteiger partial charge in [-0.05, 0) is 72.7 Å². The second-order valence-electron chi connectivity index (χ2n) is 17.6. The van der Waals surface area contributed by atoms with E-state index in [1.54, 1.807) is 27.0 Å². The second kappa shape index (κ2) is 20.6. The molecule has 0 aliphatic heterocycles. The van der Waals surface area contributed by atoms with Gasteiger partial charge in [0.2, 0.25) is 17.7 Å². The summed E-state index contributed by atoms with van der Waals surface area (Å²) in [6.45, 7) is 5.18. The summed E-state index contributed by atoms with van der Waals surface area (Å²) >= 11 is 0. The second-order valence-corrected chi connectivity index (χ2v) is 17.6. The molecular weight excluding hydrogens is 823 g/mol. The smallest absolute Gasteiger partial charge is 0.408 e. The van der Waals surface area contributed by atoms with Crippen molar-refractivity contribution in [1.82, 2.24) is 20.9 Å². The molecule has 1 aliphatic carbocycles. The van der Waals surface area contributed by atoms with Gasteiger partial charge in [0.15, 0.2) is 5.78 Å². The molecule has 6 N–H and O–H groups in total. The molecule has 1 unspecified atom stereocenters. The highest BCUT2D eigenvalue weighted by Gasteiger charge is 2.46. The minimum atomic E-state index is -1.28. The maximum absolute atomic E-state index is 14.5. The first-order valence-corrected chi connectivity index (χ1v) is 21.9. The van der Waals surface area contributed by atoms with E-state index >= 15 is 0 Å². The van der Waals surface area contributed by atoms with E-state index in [-0.39, 0.29) is 38.1 Å². The third kappa shape index (κ3) is 11.9. The lowest BCUT2D eigenvalue weighted by molar-refractivity contribution is -0.147. The number of esters is 1. The number of para-hydroxylation sites is 1. The van der Waals surface area contributed by atoms with Crippen LogP contribution in [0, 0.1) is 11.8 Å². The van der Waals surface area contributed by atoms with Crippen molar-refractivity contribution in [2.24, 2.45) is 17.6 Å². The summed E-state index contributed by atoms with van der Waals surface area (Å²) in [7, 11) is 0. The maximum atomic E-state index is 14.5. The van der Waals surface area contributed by atoms with Crippen molar-refractivity contribution in [2.45, 2.75) is 89.1 Å². The number of ether oxygens (including phenoxy) is 2. The molecule has 1 heterocycles. The molecule has 0 radical (unpaired) electrons. The van der Waals surface area contributed by atoms with E-state index in [4.69, 9.17) is 15.2 Å². The van der Waals surface area contributed by atoms with Crippen LogP contribution in [-0.4, -0.2) is 64.3 Å². The van der Waals surface area contributed by atoms with Crippen LogP contribution >= 0.6 is 0 Å². The van der Waals surface area contributed by atoms with E-state index in [9.17, 15) is 28.8 Å². The molecule has 336 valence electrons. The van der Waals surface area contributed by atoms with Gasteiger partial charge in [-0.1, -0.05) is 121 Å². The zero-order valence-electron chi connectivity index (χ0n) is 36.8. The lowest BCUT2D eigenvalue weighted by Crippen LogP contribution is -2.56. The standard InChI is InChI=1S/C52H55N5O8/c1-52(2,3)65-51(63)56-44(28-37-30-54-42-21-13-12-20-38(37)42)49(61)55-43(27-33-22-23-34-16-10-11-19-36(34)26-33)50(62)57-48(60)40-25-24-39(46(40)35-17-8-5-9-18-35)47(59)41(53)29-45(58)64-31-32-14-6-4-7-15-32/h4-23,26,30,39-41,43-44,46,54H,24-25,27-29,31,53H2,1-3H3,(H,55,61)(H,56,63)(H,57,60,62)/t39?,40-,41+,43+,44+,46-/m1/s1. The van der Waals surface area contributed by atoms with Crippen molar-refractivity contribution in [3.63, 3.8) is 0 Å². The third-order valence-corrected chi connectivity index (χ3v) is 11.8. The number of amides is 4. The van der Waals surface area contributed by atoms with Gasteiger partial charge in [0.25, 0.3) is 0 Å². The molecule has 0 saturated heterocycles. The number of carbonyl (C=O) groups is 6. The molecule has 4 amide bonds. The number of Topliss-reactive ketones (excluding diaryl/α,β-unsaturated/α-hetero) is 1. The number of hydrogen-bond donors (Lipinski definition) is 5. The van der Waals surface area contributed by atoms with Crippen molar-refractivity contribution >= 4 is 57.2 Å². The number of rotatable bonds is 16. The van der Waals surface area contributed by atoms with Crippen LogP contribution in [0.5, 0.6) is 0 Å². The van der Waals surface area contributed by atoms with E-state index in [1.165, 1.54) is 0 Å². The third-order valence-electron chi connectivity index (χ3n) is 11.8. The van der Waals surface area contributed by atoms with Crippen molar-refractivity contribution in [3.8, 4) is 0 Å². The van der Waals surface area contributed by atoms with E-state index < -0.39 is 71.3 Å². The van der Waals surface area contributed by atoms with Crippen LogP contribution in [-0.2, 0) is 52.9 Å². The van der Waals surface area contributed by atoms with Crippen LogP contribution in [0.1, 0.15) is 68.2 Å². The monoisotopic (exact) mass is 877 g/mol. The normalized spacial score (nSPS) is 17.4. The summed E-state index contributed by atoms with van der Waals surface area (Å²) in [4.78, 5) is 86.6. The number of aromatic nitrogens is 1. The van der Waals surface area contributed by atoms with Gasteiger partial charge in [0.1, 0.15) is 24.3 Å². The zero-order chi connectivity index (χ0) is 46.1. The number of nitrogens with two attached hydrogens (primary N) is 1. The van der Waals surface area contributed by atoms with Gasteiger partial charge in [-0.2, -0.15) is 0 Å². The molecular formula is C52H55N5O8. The van der Waals surface area contributed by atoms with E-state index in [1.807, 2.05) is 127 Å². The number of imide groups is 1. The van der Waals surface area contributed by atoms with E-state index in [2.05, 4.69) is 20.9 Å². The first kappa shape index (κ1) is 45.9. The molecule has 13 nitrogen and oxygen atoms in total. The van der Waals surface area contributed by atoms with Gasteiger partial charge in [0.05, 0.1) is 12.5 Å². The molecule has 6 atom stereocenters. The Labute approximate surface area is 377 Å². The molecule has 13 heteroatoms. The Hall–Kier alpha value is -7.12.